The van der Waals surface area contributed by atoms with Gasteiger partial charge in [0.05, 0.1) is 0 Å². The van der Waals surface area contributed by atoms with Crippen LogP contribution in [0, 0.1) is 0 Å². The minimum Gasteiger partial charge on any atom is -0.368 e. The van der Waals surface area contributed by atoms with Crippen LogP contribution in [0.2, 0.25) is 0 Å². The van der Waals surface area contributed by atoms with Crippen molar-refractivity contribution in [2.45, 2.75) is 19.8 Å². The second kappa shape index (κ2) is 7.95. The van der Waals surface area contributed by atoms with Gasteiger partial charge in [0.15, 0.2) is 0 Å². The van der Waals surface area contributed by atoms with Gasteiger partial charge in [-0.3, -0.25) is 14.4 Å². The first-order valence-electron chi connectivity index (χ1n) is 9.85. The van der Waals surface area contributed by atoms with Crippen LogP contribution < -0.4 is 15.5 Å². The van der Waals surface area contributed by atoms with Crippen LogP contribution in [0.1, 0.15) is 29.3 Å². The molecule has 150 valence electrons. The standard InChI is InChI=1S/C22H24N4O3/c1-15(27)23-17-7-5-16(6-8-17)22(29)26-13-11-25(12-14-26)20-4-2-3-19-18(20)9-10-21(28)24-19/h2-8H,9-14H2,1H3,(H,23,27)(H,24,28). The largest absolute Gasteiger partial charge is 0.368 e. The minimum absolute atomic E-state index is 0.00128. The molecule has 0 unspecified atom stereocenters. The SMILES string of the molecule is CC(=O)Nc1ccc(C(=O)N2CCN(c3cccc4c3CCC(=O)N4)CC2)cc1. The topological polar surface area (TPSA) is 81.8 Å². The van der Waals surface area contributed by atoms with Gasteiger partial charge < -0.3 is 20.4 Å². The molecule has 3 amide bonds. The van der Waals surface area contributed by atoms with Crippen molar-refractivity contribution in [1.29, 1.82) is 0 Å². The molecule has 0 aromatic heterocycles. The van der Waals surface area contributed by atoms with Crippen LogP contribution in [-0.2, 0) is 16.0 Å². The smallest absolute Gasteiger partial charge is 0.253 e. The number of amides is 3. The van der Waals surface area contributed by atoms with Crippen molar-refractivity contribution in [3.8, 4) is 0 Å². The Kier molecular flexibility index (Phi) is 5.20. The van der Waals surface area contributed by atoms with E-state index in [9.17, 15) is 14.4 Å². The molecule has 2 heterocycles. The molecule has 1 saturated heterocycles. The summed E-state index contributed by atoms with van der Waals surface area (Å²) in [5.74, 6) is -0.0705. The monoisotopic (exact) mass is 392 g/mol. The molecule has 7 heteroatoms. The van der Waals surface area contributed by atoms with Gasteiger partial charge in [-0.25, -0.2) is 0 Å². The van der Waals surface area contributed by atoms with E-state index in [4.69, 9.17) is 0 Å². The minimum atomic E-state index is -0.136. The van der Waals surface area contributed by atoms with E-state index in [2.05, 4.69) is 21.6 Å². The maximum absolute atomic E-state index is 12.8. The van der Waals surface area contributed by atoms with E-state index < -0.39 is 0 Å². The molecule has 4 rings (SSSR count). The van der Waals surface area contributed by atoms with Crippen molar-refractivity contribution >= 4 is 34.8 Å². The summed E-state index contributed by atoms with van der Waals surface area (Å²) in [6.45, 7) is 4.24. The maximum Gasteiger partial charge on any atom is 0.253 e. The summed E-state index contributed by atoms with van der Waals surface area (Å²) in [5.41, 5.74) is 4.53. The fraction of sp³-hybridized carbons (Fsp3) is 0.318. The number of piperazine rings is 1. The van der Waals surface area contributed by atoms with Crippen molar-refractivity contribution in [1.82, 2.24) is 4.90 Å². The van der Waals surface area contributed by atoms with Gasteiger partial charge in [0, 0.05) is 62.1 Å². The summed E-state index contributed by atoms with van der Waals surface area (Å²) in [6.07, 6.45) is 1.26. The molecule has 0 radical (unpaired) electrons. The lowest BCUT2D eigenvalue weighted by atomic mass is 10.00. The molecule has 2 aromatic rings. The third-order valence-corrected chi connectivity index (χ3v) is 5.39. The van der Waals surface area contributed by atoms with Gasteiger partial charge in [-0.05, 0) is 48.4 Å². The van der Waals surface area contributed by atoms with Crippen molar-refractivity contribution in [3.63, 3.8) is 0 Å². The molecule has 2 aliphatic heterocycles. The van der Waals surface area contributed by atoms with Crippen molar-refractivity contribution < 1.29 is 14.4 Å². The summed E-state index contributed by atoms with van der Waals surface area (Å²) < 4.78 is 0. The van der Waals surface area contributed by atoms with E-state index in [1.807, 2.05) is 17.0 Å². The number of hydrogen-bond donors (Lipinski definition) is 2. The molecular formula is C22H24N4O3. The fourth-order valence-electron chi connectivity index (χ4n) is 3.93. The first-order valence-corrected chi connectivity index (χ1v) is 9.85. The van der Waals surface area contributed by atoms with Gasteiger partial charge >= 0.3 is 0 Å². The molecule has 29 heavy (non-hydrogen) atoms. The fourth-order valence-corrected chi connectivity index (χ4v) is 3.93. The Labute approximate surface area is 169 Å². The average molecular weight is 392 g/mol. The zero-order valence-electron chi connectivity index (χ0n) is 16.4. The number of fused-ring (bicyclic) bond motifs is 1. The van der Waals surface area contributed by atoms with Gasteiger partial charge in [0.25, 0.3) is 5.91 Å². The summed E-state index contributed by atoms with van der Waals surface area (Å²) >= 11 is 0. The number of carbonyl (C=O) groups excluding carboxylic acids is 3. The number of benzene rings is 2. The summed E-state index contributed by atoms with van der Waals surface area (Å²) in [5, 5.41) is 5.65. The molecule has 2 aliphatic rings. The Morgan fingerprint density at radius 1 is 0.966 bits per heavy atom. The number of anilines is 3. The Hall–Kier alpha value is -3.35. The second-order valence-electron chi connectivity index (χ2n) is 7.39. The van der Waals surface area contributed by atoms with Crippen molar-refractivity contribution in [2.75, 3.05) is 41.7 Å². The molecule has 2 aromatic carbocycles. The predicted octanol–water partition coefficient (Wildman–Crippen LogP) is 2.49. The highest BCUT2D eigenvalue weighted by molar-refractivity contribution is 5.96. The van der Waals surface area contributed by atoms with E-state index in [1.54, 1.807) is 24.3 Å². The highest BCUT2D eigenvalue weighted by Gasteiger charge is 2.25. The molecule has 0 atom stereocenters. The van der Waals surface area contributed by atoms with Crippen LogP contribution in [0.4, 0.5) is 17.1 Å². The molecule has 2 N–H and O–H groups in total. The van der Waals surface area contributed by atoms with E-state index in [0.29, 0.717) is 30.8 Å². The number of carbonyl (C=O) groups is 3. The third-order valence-electron chi connectivity index (χ3n) is 5.39. The summed E-state index contributed by atoms with van der Waals surface area (Å²) in [6, 6.07) is 13.0. The highest BCUT2D eigenvalue weighted by Crippen LogP contribution is 2.32. The number of rotatable bonds is 3. The van der Waals surface area contributed by atoms with E-state index in [1.165, 1.54) is 12.5 Å². The van der Waals surface area contributed by atoms with Gasteiger partial charge in [0.2, 0.25) is 11.8 Å². The van der Waals surface area contributed by atoms with Gasteiger partial charge in [-0.15, -0.1) is 0 Å². The second-order valence-corrected chi connectivity index (χ2v) is 7.39. The molecule has 7 nitrogen and oxygen atoms in total. The maximum atomic E-state index is 12.8. The van der Waals surface area contributed by atoms with Crippen LogP contribution in [-0.4, -0.2) is 48.8 Å². The Morgan fingerprint density at radius 3 is 2.38 bits per heavy atom. The van der Waals surface area contributed by atoms with Crippen LogP contribution >= 0.6 is 0 Å². The molecular weight excluding hydrogens is 368 g/mol. The average Bonchev–Trinajstić information content (AvgIpc) is 2.73. The quantitative estimate of drug-likeness (QED) is 0.841. The predicted molar refractivity (Wildman–Crippen MR) is 112 cm³/mol. The number of nitrogens with one attached hydrogen (secondary N) is 2. The number of nitrogens with zero attached hydrogens (tertiary/aromatic N) is 2. The van der Waals surface area contributed by atoms with Crippen molar-refractivity contribution in [3.05, 3.63) is 53.6 Å². The number of hydrogen-bond acceptors (Lipinski definition) is 4. The van der Waals surface area contributed by atoms with Gasteiger partial charge in [-0.1, -0.05) is 6.07 Å². The van der Waals surface area contributed by atoms with Crippen LogP contribution in [0.25, 0.3) is 0 Å². The van der Waals surface area contributed by atoms with Crippen LogP contribution in [0.5, 0.6) is 0 Å². The van der Waals surface area contributed by atoms with E-state index in [0.717, 1.165) is 30.9 Å². The molecule has 0 bridgehead atoms. The Morgan fingerprint density at radius 2 is 1.69 bits per heavy atom. The zero-order chi connectivity index (χ0) is 20.4. The van der Waals surface area contributed by atoms with Crippen molar-refractivity contribution in [2.24, 2.45) is 0 Å². The Bertz CT molecular complexity index is 947. The third kappa shape index (κ3) is 4.08. The van der Waals surface area contributed by atoms with Crippen LogP contribution in [0.15, 0.2) is 42.5 Å². The highest BCUT2D eigenvalue weighted by atomic mass is 16.2. The van der Waals surface area contributed by atoms with E-state index >= 15 is 0 Å². The lowest BCUT2D eigenvalue weighted by Crippen LogP contribution is -2.49. The van der Waals surface area contributed by atoms with E-state index in [-0.39, 0.29) is 17.7 Å². The van der Waals surface area contributed by atoms with Crippen LogP contribution in [0.3, 0.4) is 0 Å². The zero-order valence-corrected chi connectivity index (χ0v) is 16.4. The summed E-state index contributed by atoms with van der Waals surface area (Å²) in [4.78, 5) is 39.7. The lowest BCUT2D eigenvalue weighted by molar-refractivity contribution is -0.116. The molecule has 0 saturated carbocycles. The molecule has 0 aliphatic carbocycles. The summed E-state index contributed by atoms with van der Waals surface area (Å²) in [7, 11) is 0. The first kappa shape index (κ1) is 19.0. The van der Waals surface area contributed by atoms with Gasteiger partial charge in [-0.2, -0.15) is 0 Å². The lowest BCUT2D eigenvalue weighted by Gasteiger charge is -2.38. The van der Waals surface area contributed by atoms with Gasteiger partial charge in [0.1, 0.15) is 0 Å². The first-order chi connectivity index (χ1) is 14.0. The molecule has 0 spiro atoms. The molecule has 1 fully saturated rings. The normalized spacial score (nSPS) is 16.1. The Balaban J connectivity index is 1.41.